The van der Waals surface area contributed by atoms with Gasteiger partial charge in [0.1, 0.15) is 0 Å². The highest BCUT2D eigenvalue weighted by Gasteiger charge is 2.30. The minimum atomic E-state index is -4.41. The first-order valence-corrected chi connectivity index (χ1v) is 9.49. The lowest BCUT2D eigenvalue weighted by atomic mass is 10.1. The van der Waals surface area contributed by atoms with Gasteiger partial charge in [0.2, 0.25) is 11.7 Å². The Balaban J connectivity index is 1.71. The average Bonchev–Trinajstić information content (AvgIpc) is 3.21. The summed E-state index contributed by atoms with van der Waals surface area (Å²) in [4.78, 5) is 4.13. The van der Waals surface area contributed by atoms with E-state index in [2.05, 4.69) is 20.3 Å². The van der Waals surface area contributed by atoms with Gasteiger partial charge in [0.05, 0.1) is 11.3 Å². The van der Waals surface area contributed by atoms with Crippen LogP contribution >= 0.6 is 34.9 Å². The van der Waals surface area contributed by atoms with Crippen LogP contribution in [0.25, 0.3) is 11.4 Å². The van der Waals surface area contributed by atoms with Crippen molar-refractivity contribution in [3.05, 3.63) is 35.7 Å². The molecular formula is C13H9F3N4OS3. The number of benzene rings is 1. The highest BCUT2D eigenvalue weighted by Crippen LogP contribution is 2.32. The number of alkyl halides is 3. The zero-order chi connectivity index (χ0) is 17.2. The third-order valence-electron chi connectivity index (χ3n) is 2.80. The molecular weight excluding hydrogens is 381 g/mol. The molecule has 24 heavy (non-hydrogen) atoms. The van der Waals surface area contributed by atoms with Crippen molar-refractivity contribution in [3.8, 4) is 11.4 Å². The summed E-state index contributed by atoms with van der Waals surface area (Å²) in [5.74, 6) is 0.807. The third-order valence-corrected chi connectivity index (χ3v) is 5.81. The molecule has 126 valence electrons. The molecule has 3 aromatic rings. The van der Waals surface area contributed by atoms with Gasteiger partial charge in [0.25, 0.3) is 0 Å². The molecule has 1 aromatic carbocycles. The maximum Gasteiger partial charge on any atom is 0.416 e. The van der Waals surface area contributed by atoms with Crippen LogP contribution in [0.15, 0.2) is 37.5 Å². The van der Waals surface area contributed by atoms with Gasteiger partial charge in [-0.25, -0.2) is 0 Å². The van der Waals surface area contributed by atoms with Crippen LogP contribution in [0.2, 0.25) is 0 Å². The van der Waals surface area contributed by atoms with Crippen molar-refractivity contribution in [1.29, 1.82) is 0 Å². The molecule has 0 N–H and O–H groups in total. The summed E-state index contributed by atoms with van der Waals surface area (Å²) in [6, 6.07) is 4.82. The van der Waals surface area contributed by atoms with Crippen LogP contribution in [0.4, 0.5) is 13.2 Å². The molecule has 0 aliphatic rings. The quantitative estimate of drug-likeness (QED) is 0.589. The third kappa shape index (κ3) is 4.08. The smallest absolute Gasteiger partial charge is 0.338 e. The zero-order valence-corrected chi connectivity index (χ0v) is 14.5. The van der Waals surface area contributed by atoms with E-state index in [0.717, 1.165) is 20.8 Å². The summed E-state index contributed by atoms with van der Waals surface area (Å²) in [5, 5.41) is 11.7. The van der Waals surface area contributed by atoms with E-state index in [1.165, 1.54) is 47.0 Å². The average molecular weight is 390 g/mol. The van der Waals surface area contributed by atoms with E-state index in [0.29, 0.717) is 11.6 Å². The first kappa shape index (κ1) is 17.2. The van der Waals surface area contributed by atoms with Gasteiger partial charge in [0, 0.05) is 5.56 Å². The Morgan fingerprint density at radius 1 is 1.21 bits per heavy atom. The molecule has 0 aliphatic carbocycles. The molecule has 0 saturated carbocycles. The van der Waals surface area contributed by atoms with Crippen LogP contribution in [0, 0.1) is 0 Å². The first-order valence-electron chi connectivity index (χ1n) is 6.46. The van der Waals surface area contributed by atoms with Gasteiger partial charge in [-0.1, -0.05) is 52.1 Å². The van der Waals surface area contributed by atoms with E-state index in [9.17, 15) is 13.2 Å². The maximum atomic E-state index is 12.7. The summed E-state index contributed by atoms with van der Waals surface area (Å²) < 4.78 is 44.9. The molecule has 0 unspecified atom stereocenters. The van der Waals surface area contributed by atoms with Crippen LogP contribution in [0.1, 0.15) is 11.5 Å². The van der Waals surface area contributed by atoms with Crippen LogP contribution in [0.3, 0.4) is 0 Å². The number of thioether (sulfide) groups is 2. The van der Waals surface area contributed by atoms with E-state index < -0.39 is 11.7 Å². The molecule has 0 atom stereocenters. The van der Waals surface area contributed by atoms with E-state index in [1.54, 1.807) is 0 Å². The molecule has 0 spiro atoms. The number of halogens is 3. The number of hydrogen-bond donors (Lipinski definition) is 0. The monoisotopic (exact) mass is 390 g/mol. The molecule has 11 heteroatoms. The van der Waals surface area contributed by atoms with Crippen LogP contribution in [0.5, 0.6) is 0 Å². The number of hydrogen-bond acceptors (Lipinski definition) is 8. The molecule has 2 heterocycles. The summed E-state index contributed by atoms with van der Waals surface area (Å²) in [5.41, 5.74) is -0.496. The van der Waals surface area contributed by atoms with Crippen molar-refractivity contribution < 1.29 is 17.7 Å². The molecule has 0 fully saturated rings. The van der Waals surface area contributed by atoms with Crippen molar-refractivity contribution in [1.82, 2.24) is 20.3 Å². The molecule has 0 bridgehead atoms. The predicted octanol–water partition coefficient (Wildman–Crippen LogP) is 4.62. The molecule has 0 radical (unpaired) electrons. The van der Waals surface area contributed by atoms with Gasteiger partial charge >= 0.3 is 6.18 Å². The fourth-order valence-electron chi connectivity index (χ4n) is 1.73. The Morgan fingerprint density at radius 3 is 2.71 bits per heavy atom. The second kappa shape index (κ2) is 7.11. The molecule has 3 rings (SSSR count). The fourth-order valence-corrected chi connectivity index (χ4v) is 4.00. The molecule has 0 aliphatic heterocycles. The normalized spacial score (nSPS) is 11.8. The van der Waals surface area contributed by atoms with Crippen molar-refractivity contribution in [2.24, 2.45) is 0 Å². The highest BCUT2D eigenvalue weighted by atomic mass is 32.2. The Kier molecular flexibility index (Phi) is 5.11. The van der Waals surface area contributed by atoms with E-state index in [4.69, 9.17) is 4.52 Å². The second-order valence-corrected chi connectivity index (χ2v) is 7.67. The molecule has 5 nitrogen and oxygen atoms in total. The standard InChI is InChI=1S/C13H9F3N4OS3/c1-22-11-18-19-12(24-11)23-6-9-17-10(20-21-9)7-3-2-4-8(5-7)13(14,15)16/h2-5H,6H2,1H3. The van der Waals surface area contributed by atoms with Gasteiger partial charge in [-0.3, -0.25) is 0 Å². The van der Waals surface area contributed by atoms with E-state index in [-0.39, 0.29) is 11.4 Å². The summed E-state index contributed by atoms with van der Waals surface area (Å²) >= 11 is 4.33. The van der Waals surface area contributed by atoms with Gasteiger partial charge in [-0.2, -0.15) is 18.2 Å². The SMILES string of the molecule is CSc1nnc(SCc2nc(-c3cccc(C(F)(F)F)c3)no2)s1. The Bertz CT molecular complexity index is 834. The van der Waals surface area contributed by atoms with E-state index >= 15 is 0 Å². The largest absolute Gasteiger partial charge is 0.416 e. The second-order valence-electron chi connectivity index (χ2n) is 4.42. The molecule has 2 aromatic heterocycles. The van der Waals surface area contributed by atoms with Gasteiger partial charge in [-0.05, 0) is 18.4 Å². The Hall–Kier alpha value is -1.59. The molecule has 0 amide bonds. The topological polar surface area (TPSA) is 64.7 Å². The van der Waals surface area contributed by atoms with Crippen molar-refractivity contribution >= 4 is 34.9 Å². The summed E-state index contributed by atoms with van der Waals surface area (Å²) in [6.07, 6.45) is -2.50. The lowest BCUT2D eigenvalue weighted by Gasteiger charge is -2.06. The van der Waals surface area contributed by atoms with Crippen molar-refractivity contribution in [3.63, 3.8) is 0 Å². The van der Waals surface area contributed by atoms with Crippen molar-refractivity contribution in [2.45, 2.75) is 20.6 Å². The first-order chi connectivity index (χ1) is 11.5. The summed E-state index contributed by atoms with van der Waals surface area (Å²) in [7, 11) is 0. The minimum absolute atomic E-state index is 0.124. The van der Waals surface area contributed by atoms with Gasteiger partial charge < -0.3 is 4.52 Å². The number of aromatic nitrogens is 4. The fraction of sp³-hybridized carbons (Fsp3) is 0.231. The van der Waals surface area contributed by atoms with Crippen LogP contribution in [-0.4, -0.2) is 26.6 Å². The Labute approximate surface area is 147 Å². The minimum Gasteiger partial charge on any atom is -0.338 e. The lowest BCUT2D eigenvalue weighted by Crippen LogP contribution is -2.04. The zero-order valence-electron chi connectivity index (χ0n) is 12.1. The summed E-state index contributed by atoms with van der Waals surface area (Å²) in [6.45, 7) is 0. The van der Waals surface area contributed by atoms with Crippen LogP contribution < -0.4 is 0 Å². The Morgan fingerprint density at radius 2 is 2.00 bits per heavy atom. The van der Waals surface area contributed by atoms with Gasteiger partial charge in [0.15, 0.2) is 8.68 Å². The lowest BCUT2D eigenvalue weighted by molar-refractivity contribution is -0.137. The number of nitrogens with zero attached hydrogens (tertiary/aromatic N) is 4. The predicted molar refractivity (Wildman–Crippen MR) is 86.0 cm³/mol. The highest BCUT2D eigenvalue weighted by molar-refractivity contribution is 8.02. The van der Waals surface area contributed by atoms with E-state index in [1.807, 2.05) is 6.26 Å². The van der Waals surface area contributed by atoms with Crippen LogP contribution in [-0.2, 0) is 11.9 Å². The van der Waals surface area contributed by atoms with Gasteiger partial charge in [-0.15, -0.1) is 10.2 Å². The maximum absolute atomic E-state index is 12.7. The molecule has 0 saturated heterocycles. The van der Waals surface area contributed by atoms with Crippen molar-refractivity contribution in [2.75, 3.05) is 6.26 Å². The number of rotatable bonds is 5.